The first-order chi connectivity index (χ1) is 5.07. The van der Waals surface area contributed by atoms with E-state index < -0.39 is 15.5 Å². The zero-order chi connectivity index (χ0) is 8.06. The highest BCUT2D eigenvalue weighted by atomic mass is 32.3. The molecular weight excluding hydrogens is 167 g/mol. The van der Waals surface area contributed by atoms with Crippen molar-refractivity contribution >= 4 is 10.2 Å². The maximum absolute atomic E-state index is 12.5. The molecular formula is C7H9FO2S. The van der Waals surface area contributed by atoms with E-state index in [9.17, 15) is 12.3 Å². The molecule has 0 aliphatic heterocycles. The van der Waals surface area contributed by atoms with Crippen molar-refractivity contribution in [2.24, 2.45) is 11.8 Å². The van der Waals surface area contributed by atoms with E-state index in [1.54, 1.807) is 0 Å². The lowest BCUT2D eigenvalue weighted by atomic mass is 10.1. The molecule has 3 unspecified atom stereocenters. The lowest BCUT2D eigenvalue weighted by Crippen LogP contribution is -2.21. The van der Waals surface area contributed by atoms with Gasteiger partial charge in [0.2, 0.25) is 0 Å². The van der Waals surface area contributed by atoms with Crippen LogP contribution in [0.2, 0.25) is 0 Å². The molecule has 2 nitrogen and oxygen atoms in total. The van der Waals surface area contributed by atoms with Crippen molar-refractivity contribution in [2.75, 3.05) is 0 Å². The van der Waals surface area contributed by atoms with Gasteiger partial charge in [0.15, 0.2) is 0 Å². The summed E-state index contributed by atoms with van der Waals surface area (Å²) >= 11 is 0. The fourth-order valence-electron chi connectivity index (χ4n) is 2.05. The van der Waals surface area contributed by atoms with Crippen molar-refractivity contribution in [1.82, 2.24) is 0 Å². The molecule has 0 spiro atoms. The SMILES string of the molecule is O=S(=O)(F)C1CC2C=CC1C2. The summed E-state index contributed by atoms with van der Waals surface area (Å²) in [5.41, 5.74) is 0. The Kier molecular flexibility index (Phi) is 1.36. The van der Waals surface area contributed by atoms with Gasteiger partial charge < -0.3 is 0 Å². The van der Waals surface area contributed by atoms with E-state index in [0.29, 0.717) is 12.3 Å². The van der Waals surface area contributed by atoms with Gasteiger partial charge in [-0.25, -0.2) is 0 Å². The lowest BCUT2D eigenvalue weighted by Gasteiger charge is -2.11. The summed E-state index contributed by atoms with van der Waals surface area (Å²) in [6.45, 7) is 0. The molecule has 4 heteroatoms. The molecule has 3 atom stereocenters. The van der Waals surface area contributed by atoms with Gasteiger partial charge in [0.05, 0.1) is 5.25 Å². The third-order valence-corrected chi connectivity index (χ3v) is 3.84. The minimum atomic E-state index is -4.28. The highest BCUT2D eigenvalue weighted by molar-refractivity contribution is 7.87. The smallest absolute Gasteiger partial charge is 0.195 e. The summed E-state index contributed by atoms with van der Waals surface area (Å²) in [5, 5.41) is -0.738. The highest BCUT2D eigenvalue weighted by Gasteiger charge is 2.43. The molecule has 2 aliphatic rings. The van der Waals surface area contributed by atoms with Gasteiger partial charge in [-0.3, -0.25) is 0 Å². The first-order valence-corrected chi connectivity index (χ1v) is 5.14. The maximum Gasteiger partial charge on any atom is 0.305 e. The van der Waals surface area contributed by atoms with Crippen LogP contribution in [0.1, 0.15) is 12.8 Å². The molecule has 2 aliphatic carbocycles. The largest absolute Gasteiger partial charge is 0.305 e. The Bertz CT molecular complexity index is 294. The topological polar surface area (TPSA) is 34.1 Å². The Morgan fingerprint density at radius 2 is 2.00 bits per heavy atom. The third-order valence-electron chi connectivity index (χ3n) is 2.58. The van der Waals surface area contributed by atoms with Gasteiger partial charge in [-0.15, -0.1) is 3.89 Å². The molecule has 0 aromatic carbocycles. The van der Waals surface area contributed by atoms with Crippen molar-refractivity contribution in [3.05, 3.63) is 12.2 Å². The zero-order valence-electron chi connectivity index (χ0n) is 5.90. The molecule has 0 radical (unpaired) electrons. The molecule has 0 aromatic rings. The second kappa shape index (κ2) is 2.06. The van der Waals surface area contributed by atoms with Crippen LogP contribution in [0.5, 0.6) is 0 Å². The Balaban J connectivity index is 2.28. The van der Waals surface area contributed by atoms with Crippen LogP contribution in [0.15, 0.2) is 12.2 Å². The van der Waals surface area contributed by atoms with Gasteiger partial charge in [0.1, 0.15) is 0 Å². The Hall–Kier alpha value is -0.380. The second-order valence-electron chi connectivity index (χ2n) is 3.29. The molecule has 1 fully saturated rings. The number of fused-ring (bicyclic) bond motifs is 2. The molecule has 2 rings (SSSR count). The Morgan fingerprint density at radius 3 is 2.27 bits per heavy atom. The van der Waals surface area contributed by atoms with Gasteiger partial charge in [-0.2, -0.15) is 8.42 Å². The molecule has 0 heterocycles. The minimum absolute atomic E-state index is 0.0463. The monoisotopic (exact) mass is 176 g/mol. The van der Waals surface area contributed by atoms with Crippen LogP contribution in [0.4, 0.5) is 3.89 Å². The number of rotatable bonds is 1. The molecule has 0 saturated heterocycles. The summed E-state index contributed by atoms with van der Waals surface area (Å²) < 4.78 is 33.5. The predicted molar refractivity (Wildman–Crippen MR) is 39.2 cm³/mol. The van der Waals surface area contributed by atoms with Crippen molar-refractivity contribution in [3.63, 3.8) is 0 Å². The Labute approximate surface area is 65.3 Å². The molecule has 62 valence electrons. The normalized spacial score (nSPS) is 41.7. The quantitative estimate of drug-likeness (QED) is 0.445. The van der Waals surface area contributed by atoms with E-state index in [1.807, 2.05) is 12.2 Å². The summed E-state index contributed by atoms with van der Waals surface area (Å²) in [7, 11) is -4.28. The number of hydrogen-bond donors (Lipinski definition) is 0. The molecule has 0 amide bonds. The van der Waals surface area contributed by atoms with Crippen LogP contribution in [0.3, 0.4) is 0 Å². The average molecular weight is 176 g/mol. The van der Waals surface area contributed by atoms with E-state index in [-0.39, 0.29) is 5.92 Å². The van der Waals surface area contributed by atoms with Crippen LogP contribution in [-0.2, 0) is 10.2 Å². The molecule has 0 aromatic heterocycles. The molecule has 1 saturated carbocycles. The summed E-state index contributed by atoms with van der Waals surface area (Å²) in [5.74, 6) is 0.269. The van der Waals surface area contributed by atoms with E-state index in [0.717, 1.165) is 6.42 Å². The van der Waals surface area contributed by atoms with Gasteiger partial charge >= 0.3 is 10.2 Å². The number of halogens is 1. The lowest BCUT2D eigenvalue weighted by molar-refractivity contribution is 0.517. The maximum atomic E-state index is 12.5. The summed E-state index contributed by atoms with van der Waals surface area (Å²) in [4.78, 5) is 0. The average Bonchev–Trinajstić information content (AvgIpc) is 2.42. The first kappa shape index (κ1) is 7.28. The van der Waals surface area contributed by atoms with Gasteiger partial charge in [-0.05, 0) is 24.7 Å². The Morgan fingerprint density at radius 1 is 1.27 bits per heavy atom. The molecule has 11 heavy (non-hydrogen) atoms. The van der Waals surface area contributed by atoms with Gasteiger partial charge in [-0.1, -0.05) is 12.2 Å². The van der Waals surface area contributed by atoms with E-state index in [4.69, 9.17) is 0 Å². The minimum Gasteiger partial charge on any atom is -0.195 e. The van der Waals surface area contributed by atoms with Crippen molar-refractivity contribution < 1.29 is 12.3 Å². The van der Waals surface area contributed by atoms with Crippen molar-refractivity contribution in [1.29, 1.82) is 0 Å². The highest BCUT2D eigenvalue weighted by Crippen LogP contribution is 2.42. The fourth-order valence-corrected chi connectivity index (χ4v) is 3.15. The van der Waals surface area contributed by atoms with Gasteiger partial charge in [0, 0.05) is 0 Å². The predicted octanol–water partition coefficient (Wildman–Crippen LogP) is 1.25. The fraction of sp³-hybridized carbons (Fsp3) is 0.714. The van der Waals surface area contributed by atoms with Crippen LogP contribution in [0.25, 0.3) is 0 Å². The summed E-state index contributed by atoms with van der Waals surface area (Å²) in [6, 6.07) is 0. The van der Waals surface area contributed by atoms with Gasteiger partial charge in [0.25, 0.3) is 0 Å². The van der Waals surface area contributed by atoms with Crippen LogP contribution in [-0.4, -0.2) is 13.7 Å². The van der Waals surface area contributed by atoms with E-state index in [2.05, 4.69) is 0 Å². The van der Waals surface area contributed by atoms with Crippen LogP contribution in [0, 0.1) is 11.8 Å². The van der Waals surface area contributed by atoms with Crippen LogP contribution >= 0.6 is 0 Å². The van der Waals surface area contributed by atoms with Crippen molar-refractivity contribution in [3.8, 4) is 0 Å². The van der Waals surface area contributed by atoms with E-state index >= 15 is 0 Å². The number of allylic oxidation sites excluding steroid dienone is 2. The second-order valence-corrected chi connectivity index (χ2v) is 4.85. The third kappa shape index (κ3) is 1.09. The zero-order valence-corrected chi connectivity index (χ0v) is 6.72. The first-order valence-electron chi connectivity index (χ1n) is 3.69. The standard InChI is InChI=1S/C7H9FO2S/c8-11(9,10)7-4-5-1-2-6(7)3-5/h1-2,5-7H,3-4H2. The molecule has 0 N–H and O–H groups in total. The van der Waals surface area contributed by atoms with Crippen molar-refractivity contribution in [2.45, 2.75) is 18.1 Å². The van der Waals surface area contributed by atoms with Crippen LogP contribution < -0.4 is 0 Å². The summed E-state index contributed by atoms with van der Waals surface area (Å²) in [6.07, 6.45) is 5.14. The number of hydrogen-bond acceptors (Lipinski definition) is 2. The molecule has 2 bridgehead atoms. The van der Waals surface area contributed by atoms with E-state index in [1.165, 1.54) is 0 Å².